The summed E-state index contributed by atoms with van der Waals surface area (Å²) < 4.78 is 39.6. The van der Waals surface area contributed by atoms with E-state index in [1.165, 1.54) is 7.05 Å². The van der Waals surface area contributed by atoms with Crippen LogP contribution in [0, 0.1) is 0 Å². The molecule has 3 aromatic rings. The number of halogens is 4. The van der Waals surface area contributed by atoms with Gasteiger partial charge in [-0.1, -0.05) is 15.9 Å². The first-order valence-corrected chi connectivity index (χ1v) is 7.48. The van der Waals surface area contributed by atoms with Crippen LogP contribution in [-0.4, -0.2) is 31.3 Å². The molecule has 2 aromatic heterocycles. The highest BCUT2D eigenvalue weighted by Gasteiger charge is 2.36. The predicted molar refractivity (Wildman–Crippen MR) is 82.0 cm³/mol. The Labute approximate surface area is 137 Å². The van der Waals surface area contributed by atoms with Gasteiger partial charge in [-0.3, -0.25) is 0 Å². The fraction of sp³-hybridized carbons (Fsp3) is 0.308. The van der Waals surface area contributed by atoms with E-state index >= 15 is 0 Å². The molecule has 0 aliphatic rings. The Kier molecular flexibility index (Phi) is 4.00. The molecule has 122 valence electrons. The maximum atomic E-state index is 12.5. The molecule has 0 spiro atoms. The molecule has 23 heavy (non-hydrogen) atoms. The van der Waals surface area contributed by atoms with E-state index in [2.05, 4.69) is 41.3 Å². The Balaban J connectivity index is 1.65. The predicted octanol–water partition coefficient (Wildman–Crippen LogP) is 3.13. The molecule has 0 saturated carbocycles. The van der Waals surface area contributed by atoms with Crippen LogP contribution in [0.1, 0.15) is 11.6 Å². The molecular formula is C13H12BrF3N6. The number of rotatable bonds is 4. The summed E-state index contributed by atoms with van der Waals surface area (Å²) in [4.78, 5) is 11.0. The molecule has 0 bridgehead atoms. The minimum absolute atomic E-state index is 0.0659. The number of nitrogens with zero attached hydrogens (tertiary/aromatic N) is 4. The summed E-state index contributed by atoms with van der Waals surface area (Å²) in [7, 11) is 1.41. The molecule has 0 aliphatic heterocycles. The molecule has 6 nitrogen and oxygen atoms in total. The lowest BCUT2D eigenvalue weighted by molar-refractivity contribution is -0.144. The summed E-state index contributed by atoms with van der Waals surface area (Å²) >= 11 is 3.38. The lowest BCUT2D eigenvalue weighted by Crippen LogP contribution is -2.10. The highest BCUT2D eigenvalue weighted by Crippen LogP contribution is 2.27. The van der Waals surface area contributed by atoms with Crippen LogP contribution in [0.15, 0.2) is 22.7 Å². The normalized spacial score (nSPS) is 12.0. The van der Waals surface area contributed by atoms with Crippen molar-refractivity contribution < 1.29 is 13.2 Å². The van der Waals surface area contributed by atoms with Crippen molar-refractivity contribution >= 4 is 32.9 Å². The molecule has 0 unspecified atom stereocenters. The third-order valence-electron chi connectivity index (χ3n) is 3.15. The number of H-pyrrole nitrogens is 1. The van der Waals surface area contributed by atoms with Crippen molar-refractivity contribution in [1.29, 1.82) is 0 Å². The first-order valence-electron chi connectivity index (χ1n) is 6.69. The molecule has 10 heteroatoms. The number of aryl methyl sites for hydroxylation is 1. The summed E-state index contributed by atoms with van der Waals surface area (Å²) in [6, 6.07) is 5.69. The number of aromatic nitrogens is 5. The molecular weight excluding hydrogens is 377 g/mol. The summed E-state index contributed by atoms with van der Waals surface area (Å²) in [6.45, 7) is 0.380. The van der Waals surface area contributed by atoms with Gasteiger partial charge in [-0.2, -0.15) is 18.2 Å². The third-order valence-corrected chi connectivity index (χ3v) is 3.65. The minimum atomic E-state index is -4.55. The summed E-state index contributed by atoms with van der Waals surface area (Å²) in [5, 5.41) is 6.17. The minimum Gasteiger partial charge on any atom is -0.354 e. The fourth-order valence-corrected chi connectivity index (χ4v) is 2.47. The number of nitrogens with one attached hydrogen (secondary N) is 2. The standard InChI is InChI=1S/C13H12BrF3N6/c1-23-12(21-11(22-23)13(15,16)17)18-5-4-10-19-8-3-2-7(14)6-9(8)20-10/h2-3,6H,4-5H2,1H3,(H,19,20)(H,18,21,22). The van der Waals surface area contributed by atoms with Crippen molar-refractivity contribution in [2.75, 3.05) is 11.9 Å². The van der Waals surface area contributed by atoms with Gasteiger partial charge < -0.3 is 10.3 Å². The van der Waals surface area contributed by atoms with Crippen LogP contribution in [0.25, 0.3) is 11.0 Å². The molecule has 0 saturated heterocycles. The van der Waals surface area contributed by atoms with E-state index in [1.807, 2.05) is 18.2 Å². The van der Waals surface area contributed by atoms with Gasteiger partial charge in [0.15, 0.2) is 0 Å². The van der Waals surface area contributed by atoms with Crippen LogP contribution < -0.4 is 5.32 Å². The third kappa shape index (κ3) is 3.46. The maximum absolute atomic E-state index is 12.5. The Morgan fingerprint density at radius 2 is 2.09 bits per heavy atom. The average Bonchev–Trinajstić information content (AvgIpc) is 3.02. The van der Waals surface area contributed by atoms with E-state index in [4.69, 9.17) is 0 Å². The number of aromatic amines is 1. The largest absolute Gasteiger partial charge is 0.453 e. The van der Waals surface area contributed by atoms with E-state index in [9.17, 15) is 13.2 Å². The van der Waals surface area contributed by atoms with Crippen LogP contribution >= 0.6 is 15.9 Å². The molecule has 0 fully saturated rings. The lowest BCUT2D eigenvalue weighted by atomic mass is 10.3. The van der Waals surface area contributed by atoms with Gasteiger partial charge in [-0.15, -0.1) is 5.10 Å². The fourth-order valence-electron chi connectivity index (χ4n) is 2.10. The highest BCUT2D eigenvalue weighted by molar-refractivity contribution is 9.10. The van der Waals surface area contributed by atoms with E-state index in [0.717, 1.165) is 26.0 Å². The van der Waals surface area contributed by atoms with Crippen LogP contribution in [-0.2, 0) is 19.6 Å². The number of hydrogen-bond acceptors (Lipinski definition) is 4. The zero-order valence-corrected chi connectivity index (χ0v) is 13.5. The number of imidazole rings is 1. The van der Waals surface area contributed by atoms with Crippen molar-refractivity contribution in [2.24, 2.45) is 7.05 Å². The second kappa shape index (κ2) is 5.84. The van der Waals surface area contributed by atoms with Crippen molar-refractivity contribution in [2.45, 2.75) is 12.6 Å². The van der Waals surface area contributed by atoms with Crippen molar-refractivity contribution in [3.05, 3.63) is 34.3 Å². The van der Waals surface area contributed by atoms with Crippen LogP contribution in [0.2, 0.25) is 0 Å². The Bertz CT molecular complexity index is 838. The zero-order chi connectivity index (χ0) is 16.6. The van der Waals surface area contributed by atoms with Gasteiger partial charge in [0, 0.05) is 24.5 Å². The van der Waals surface area contributed by atoms with Gasteiger partial charge in [0.2, 0.25) is 5.95 Å². The topological polar surface area (TPSA) is 71.4 Å². The number of alkyl halides is 3. The number of anilines is 1. The Hall–Kier alpha value is -2.10. The van der Waals surface area contributed by atoms with Crippen molar-refractivity contribution in [3.8, 4) is 0 Å². The highest BCUT2D eigenvalue weighted by atomic mass is 79.9. The van der Waals surface area contributed by atoms with Gasteiger partial charge in [0.1, 0.15) is 5.82 Å². The van der Waals surface area contributed by atoms with Gasteiger partial charge >= 0.3 is 6.18 Å². The molecule has 2 N–H and O–H groups in total. The summed E-state index contributed by atoms with van der Waals surface area (Å²) in [5.74, 6) is -0.351. The number of hydrogen-bond donors (Lipinski definition) is 2. The van der Waals surface area contributed by atoms with Gasteiger partial charge in [0.25, 0.3) is 5.82 Å². The molecule has 0 aliphatic carbocycles. The first-order chi connectivity index (χ1) is 10.8. The monoisotopic (exact) mass is 388 g/mol. The van der Waals surface area contributed by atoms with Crippen LogP contribution in [0.5, 0.6) is 0 Å². The molecule has 3 rings (SSSR count). The average molecular weight is 389 g/mol. The smallest absolute Gasteiger partial charge is 0.354 e. The second-order valence-electron chi connectivity index (χ2n) is 4.90. The molecule has 0 radical (unpaired) electrons. The van der Waals surface area contributed by atoms with Crippen LogP contribution in [0.3, 0.4) is 0 Å². The Morgan fingerprint density at radius 3 is 2.78 bits per heavy atom. The van der Waals surface area contributed by atoms with Gasteiger partial charge in [-0.05, 0) is 18.2 Å². The summed E-state index contributed by atoms with van der Waals surface area (Å²) in [6.07, 6.45) is -4.04. The first kappa shape index (κ1) is 15.8. The van der Waals surface area contributed by atoms with Gasteiger partial charge in [0.05, 0.1) is 11.0 Å². The number of fused-ring (bicyclic) bond motifs is 1. The zero-order valence-electron chi connectivity index (χ0n) is 11.9. The maximum Gasteiger partial charge on any atom is 0.453 e. The molecule has 0 amide bonds. The lowest BCUT2D eigenvalue weighted by Gasteiger charge is -2.02. The van der Waals surface area contributed by atoms with E-state index < -0.39 is 12.0 Å². The SMILES string of the molecule is Cn1nc(C(F)(F)F)nc1NCCc1nc2ccc(Br)cc2[nH]1. The Morgan fingerprint density at radius 1 is 1.30 bits per heavy atom. The molecule has 0 atom stereocenters. The van der Waals surface area contributed by atoms with E-state index in [0.29, 0.717) is 13.0 Å². The molecule has 2 heterocycles. The van der Waals surface area contributed by atoms with E-state index in [-0.39, 0.29) is 5.95 Å². The summed E-state index contributed by atoms with van der Waals surface area (Å²) in [5.41, 5.74) is 1.73. The van der Waals surface area contributed by atoms with E-state index in [1.54, 1.807) is 0 Å². The van der Waals surface area contributed by atoms with Crippen LogP contribution in [0.4, 0.5) is 19.1 Å². The van der Waals surface area contributed by atoms with Gasteiger partial charge in [-0.25, -0.2) is 9.67 Å². The quantitative estimate of drug-likeness (QED) is 0.720. The second-order valence-corrected chi connectivity index (χ2v) is 5.82. The van der Waals surface area contributed by atoms with Crippen molar-refractivity contribution in [3.63, 3.8) is 0 Å². The number of benzene rings is 1. The van der Waals surface area contributed by atoms with Crippen molar-refractivity contribution in [1.82, 2.24) is 24.7 Å². The molecule has 1 aromatic carbocycles.